The molecular weight excluding hydrogens is 186 g/mol. The van der Waals surface area contributed by atoms with Gasteiger partial charge in [0.25, 0.3) is 0 Å². The second kappa shape index (κ2) is 4.79. The maximum atomic E-state index is 5.64. The van der Waals surface area contributed by atoms with Crippen LogP contribution in [0.4, 0.5) is 0 Å². The standard InChI is InChI=1S/C12H21N3/c1-2-15-12(10-5-3-4-6-10)11(7-8-13)9-14-15/h9-10H,2-8,13H2,1H3. The number of aromatic nitrogens is 2. The van der Waals surface area contributed by atoms with E-state index in [9.17, 15) is 0 Å². The van der Waals surface area contributed by atoms with Crippen LogP contribution in [-0.2, 0) is 13.0 Å². The molecule has 0 unspecified atom stereocenters. The van der Waals surface area contributed by atoms with Crippen molar-refractivity contribution in [1.29, 1.82) is 0 Å². The van der Waals surface area contributed by atoms with Gasteiger partial charge < -0.3 is 5.73 Å². The predicted octanol–water partition coefficient (Wildman–Crippen LogP) is 2.06. The van der Waals surface area contributed by atoms with Crippen LogP contribution in [-0.4, -0.2) is 16.3 Å². The molecule has 15 heavy (non-hydrogen) atoms. The number of rotatable bonds is 4. The topological polar surface area (TPSA) is 43.8 Å². The highest BCUT2D eigenvalue weighted by molar-refractivity contribution is 5.23. The Kier molecular flexibility index (Phi) is 3.41. The summed E-state index contributed by atoms with van der Waals surface area (Å²) in [5, 5.41) is 4.46. The van der Waals surface area contributed by atoms with Crippen LogP contribution in [0, 0.1) is 0 Å². The maximum Gasteiger partial charge on any atom is 0.0525 e. The quantitative estimate of drug-likeness (QED) is 0.821. The smallest absolute Gasteiger partial charge is 0.0525 e. The number of aryl methyl sites for hydroxylation is 1. The SMILES string of the molecule is CCn1ncc(CCN)c1C1CCCC1. The zero-order chi connectivity index (χ0) is 10.7. The van der Waals surface area contributed by atoms with E-state index >= 15 is 0 Å². The summed E-state index contributed by atoms with van der Waals surface area (Å²) in [6.07, 6.45) is 8.42. The molecule has 1 aliphatic rings. The summed E-state index contributed by atoms with van der Waals surface area (Å²) in [6, 6.07) is 0. The van der Waals surface area contributed by atoms with Crippen LogP contribution in [0.3, 0.4) is 0 Å². The summed E-state index contributed by atoms with van der Waals surface area (Å²) in [5.41, 5.74) is 8.50. The van der Waals surface area contributed by atoms with Gasteiger partial charge in [-0.3, -0.25) is 4.68 Å². The van der Waals surface area contributed by atoms with Crippen molar-refractivity contribution in [1.82, 2.24) is 9.78 Å². The molecule has 84 valence electrons. The number of hydrogen-bond donors (Lipinski definition) is 1. The van der Waals surface area contributed by atoms with Crippen LogP contribution in [0.5, 0.6) is 0 Å². The van der Waals surface area contributed by atoms with Crippen molar-refractivity contribution in [2.75, 3.05) is 6.54 Å². The molecule has 2 rings (SSSR count). The molecule has 3 nitrogen and oxygen atoms in total. The molecule has 1 aromatic heterocycles. The minimum atomic E-state index is 0.731. The first-order valence-corrected chi connectivity index (χ1v) is 6.11. The Balaban J connectivity index is 2.27. The van der Waals surface area contributed by atoms with E-state index in [4.69, 9.17) is 5.73 Å². The second-order valence-electron chi connectivity index (χ2n) is 4.39. The minimum Gasteiger partial charge on any atom is -0.330 e. The lowest BCUT2D eigenvalue weighted by Gasteiger charge is -2.14. The summed E-state index contributed by atoms with van der Waals surface area (Å²) < 4.78 is 2.17. The average molecular weight is 207 g/mol. The van der Waals surface area contributed by atoms with Gasteiger partial charge in [-0.25, -0.2) is 0 Å². The number of nitrogens with zero attached hydrogens (tertiary/aromatic N) is 2. The lowest BCUT2D eigenvalue weighted by Crippen LogP contribution is -2.10. The van der Waals surface area contributed by atoms with Crippen molar-refractivity contribution in [3.8, 4) is 0 Å². The second-order valence-corrected chi connectivity index (χ2v) is 4.39. The van der Waals surface area contributed by atoms with Crippen LogP contribution >= 0.6 is 0 Å². The van der Waals surface area contributed by atoms with Gasteiger partial charge in [-0.2, -0.15) is 5.10 Å². The molecule has 0 aromatic carbocycles. The van der Waals surface area contributed by atoms with Crippen LogP contribution in [0.2, 0.25) is 0 Å². The van der Waals surface area contributed by atoms with E-state index in [1.54, 1.807) is 0 Å². The van der Waals surface area contributed by atoms with Gasteiger partial charge in [-0.15, -0.1) is 0 Å². The zero-order valence-electron chi connectivity index (χ0n) is 9.58. The Bertz CT molecular complexity index is 311. The lowest BCUT2D eigenvalue weighted by molar-refractivity contribution is 0.564. The fourth-order valence-corrected chi connectivity index (χ4v) is 2.71. The largest absolute Gasteiger partial charge is 0.330 e. The van der Waals surface area contributed by atoms with Crippen LogP contribution in [0.1, 0.15) is 49.8 Å². The van der Waals surface area contributed by atoms with E-state index in [-0.39, 0.29) is 0 Å². The summed E-state index contributed by atoms with van der Waals surface area (Å²) >= 11 is 0. The third kappa shape index (κ3) is 2.07. The lowest BCUT2D eigenvalue weighted by atomic mass is 9.98. The van der Waals surface area contributed by atoms with Gasteiger partial charge >= 0.3 is 0 Å². The Hall–Kier alpha value is -0.830. The molecule has 0 atom stereocenters. The van der Waals surface area contributed by atoms with Crippen molar-refractivity contribution < 1.29 is 0 Å². The summed E-state index contributed by atoms with van der Waals surface area (Å²) in [4.78, 5) is 0. The highest BCUT2D eigenvalue weighted by atomic mass is 15.3. The van der Waals surface area contributed by atoms with Crippen molar-refractivity contribution >= 4 is 0 Å². The third-order valence-electron chi connectivity index (χ3n) is 3.42. The van der Waals surface area contributed by atoms with Crippen molar-refractivity contribution in [2.24, 2.45) is 5.73 Å². The third-order valence-corrected chi connectivity index (χ3v) is 3.42. The van der Waals surface area contributed by atoms with Crippen molar-refractivity contribution in [3.63, 3.8) is 0 Å². The van der Waals surface area contributed by atoms with E-state index in [1.165, 1.54) is 36.9 Å². The fourth-order valence-electron chi connectivity index (χ4n) is 2.71. The molecular formula is C12H21N3. The van der Waals surface area contributed by atoms with E-state index < -0.39 is 0 Å². The predicted molar refractivity (Wildman–Crippen MR) is 61.9 cm³/mol. The molecule has 1 saturated carbocycles. The van der Waals surface area contributed by atoms with Crippen LogP contribution in [0.25, 0.3) is 0 Å². The Morgan fingerprint density at radius 3 is 2.80 bits per heavy atom. The van der Waals surface area contributed by atoms with E-state index in [2.05, 4.69) is 16.7 Å². The fraction of sp³-hybridized carbons (Fsp3) is 0.750. The highest BCUT2D eigenvalue weighted by Crippen LogP contribution is 2.35. The molecule has 3 heteroatoms. The molecule has 0 saturated heterocycles. The van der Waals surface area contributed by atoms with E-state index in [0.717, 1.165) is 25.4 Å². The summed E-state index contributed by atoms with van der Waals surface area (Å²) in [5.74, 6) is 0.744. The average Bonchev–Trinajstić information content (AvgIpc) is 2.85. The van der Waals surface area contributed by atoms with Gasteiger partial charge in [0.1, 0.15) is 0 Å². The molecule has 2 N–H and O–H groups in total. The minimum absolute atomic E-state index is 0.731. The van der Waals surface area contributed by atoms with E-state index in [0.29, 0.717) is 0 Å². The molecule has 1 heterocycles. The van der Waals surface area contributed by atoms with E-state index in [1.807, 2.05) is 6.20 Å². The first-order chi connectivity index (χ1) is 7.36. The van der Waals surface area contributed by atoms with Gasteiger partial charge in [0, 0.05) is 18.2 Å². The highest BCUT2D eigenvalue weighted by Gasteiger charge is 2.23. The maximum absolute atomic E-state index is 5.64. The Morgan fingerprint density at radius 1 is 1.47 bits per heavy atom. The Labute approximate surface area is 91.7 Å². The zero-order valence-corrected chi connectivity index (χ0v) is 9.58. The van der Waals surface area contributed by atoms with Gasteiger partial charge in [0.2, 0.25) is 0 Å². The molecule has 0 radical (unpaired) electrons. The first kappa shape index (κ1) is 10.7. The number of hydrogen-bond acceptors (Lipinski definition) is 2. The molecule has 0 amide bonds. The van der Waals surface area contributed by atoms with Crippen LogP contribution < -0.4 is 5.73 Å². The molecule has 0 spiro atoms. The van der Waals surface area contributed by atoms with Gasteiger partial charge in [0.05, 0.1) is 6.20 Å². The normalized spacial score (nSPS) is 17.5. The molecule has 0 bridgehead atoms. The monoisotopic (exact) mass is 207 g/mol. The molecule has 1 fully saturated rings. The Morgan fingerprint density at radius 2 is 2.20 bits per heavy atom. The number of nitrogens with two attached hydrogens (primary N) is 1. The molecule has 1 aromatic rings. The molecule has 0 aliphatic heterocycles. The van der Waals surface area contributed by atoms with Gasteiger partial charge in [-0.05, 0) is 38.3 Å². The van der Waals surface area contributed by atoms with Crippen molar-refractivity contribution in [2.45, 2.75) is 51.5 Å². The summed E-state index contributed by atoms with van der Waals surface area (Å²) in [6.45, 7) is 3.88. The first-order valence-electron chi connectivity index (χ1n) is 6.11. The van der Waals surface area contributed by atoms with Crippen molar-refractivity contribution in [3.05, 3.63) is 17.5 Å². The van der Waals surface area contributed by atoms with Gasteiger partial charge in [-0.1, -0.05) is 12.8 Å². The van der Waals surface area contributed by atoms with Crippen LogP contribution in [0.15, 0.2) is 6.20 Å². The van der Waals surface area contributed by atoms with Gasteiger partial charge in [0.15, 0.2) is 0 Å². The molecule has 1 aliphatic carbocycles. The summed E-state index contributed by atoms with van der Waals surface area (Å²) in [7, 11) is 0.